The normalized spacial score (nSPS) is 25.3. The molecule has 1 rings (SSSR count). The predicted octanol–water partition coefficient (Wildman–Crippen LogP) is 1.82. The molecule has 1 N–H and O–H groups in total. The highest BCUT2D eigenvalue weighted by atomic mass is 19.4. The lowest BCUT2D eigenvalue weighted by atomic mass is 9.78. The average molecular weight is 297 g/mol. The van der Waals surface area contributed by atoms with Crippen molar-refractivity contribution < 1.29 is 27.8 Å². The molecule has 1 aliphatic carbocycles. The fraction of sp³-hybridized carbons (Fsp3) is 0.923. The van der Waals surface area contributed by atoms with Gasteiger partial charge < -0.3 is 14.7 Å². The Balaban J connectivity index is 2.67. The molecule has 0 bridgehead atoms. The van der Waals surface area contributed by atoms with Gasteiger partial charge >= 0.3 is 6.18 Å². The lowest BCUT2D eigenvalue weighted by Gasteiger charge is -2.34. The molecule has 0 aromatic rings. The fourth-order valence-electron chi connectivity index (χ4n) is 2.75. The quantitative estimate of drug-likeness (QED) is 0.842. The monoisotopic (exact) mass is 297 g/mol. The number of hydrogen-bond acceptors (Lipinski definition) is 3. The van der Waals surface area contributed by atoms with Gasteiger partial charge in [0, 0.05) is 26.6 Å². The molecule has 0 saturated heterocycles. The Labute approximate surface area is 116 Å². The summed E-state index contributed by atoms with van der Waals surface area (Å²) in [5.41, 5.74) is 0. The van der Waals surface area contributed by atoms with E-state index in [1.54, 1.807) is 0 Å². The third-order valence-electron chi connectivity index (χ3n) is 3.72. The van der Waals surface area contributed by atoms with Gasteiger partial charge in [-0.15, -0.1) is 0 Å². The third-order valence-corrected chi connectivity index (χ3v) is 3.72. The number of aliphatic hydroxyl groups excluding tert-OH is 1. The van der Waals surface area contributed by atoms with Crippen molar-refractivity contribution in [1.82, 2.24) is 4.90 Å². The highest BCUT2D eigenvalue weighted by molar-refractivity contribution is 5.79. The van der Waals surface area contributed by atoms with Gasteiger partial charge in [0.2, 0.25) is 5.91 Å². The number of carbonyl (C=O) groups is 1. The molecule has 1 saturated carbocycles. The number of rotatable bonds is 5. The van der Waals surface area contributed by atoms with Gasteiger partial charge in [-0.1, -0.05) is 12.8 Å². The number of aliphatic hydroxyl groups is 1. The van der Waals surface area contributed by atoms with Crippen molar-refractivity contribution in [1.29, 1.82) is 0 Å². The lowest BCUT2D eigenvalue weighted by molar-refractivity contribution is -0.200. The number of hydrogen-bond donors (Lipinski definition) is 1. The van der Waals surface area contributed by atoms with E-state index in [0.717, 1.165) is 0 Å². The Morgan fingerprint density at radius 3 is 2.55 bits per heavy atom. The zero-order chi connectivity index (χ0) is 15.3. The van der Waals surface area contributed by atoms with Gasteiger partial charge in [-0.25, -0.2) is 0 Å². The van der Waals surface area contributed by atoms with Gasteiger partial charge in [0.1, 0.15) is 0 Å². The summed E-state index contributed by atoms with van der Waals surface area (Å²) in [6.07, 6.45) is -3.82. The summed E-state index contributed by atoms with van der Waals surface area (Å²) in [4.78, 5) is 13.3. The first-order chi connectivity index (χ1) is 9.27. The molecule has 3 atom stereocenters. The molecule has 0 heterocycles. The Morgan fingerprint density at radius 2 is 2.00 bits per heavy atom. The lowest BCUT2D eigenvalue weighted by Crippen LogP contribution is -2.45. The largest absolute Gasteiger partial charge is 0.392 e. The van der Waals surface area contributed by atoms with Crippen LogP contribution in [0.15, 0.2) is 0 Å². The molecule has 20 heavy (non-hydrogen) atoms. The number of amides is 1. The van der Waals surface area contributed by atoms with Crippen molar-refractivity contribution >= 4 is 5.91 Å². The van der Waals surface area contributed by atoms with E-state index in [1.165, 1.54) is 19.1 Å². The van der Waals surface area contributed by atoms with Gasteiger partial charge in [-0.3, -0.25) is 4.79 Å². The van der Waals surface area contributed by atoms with Gasteiger partial charge in [-0.05, 0) is 12.8 Å². The minimum absolute atomic E-state index is 0.00830. The summed E-state index contributed by atoms with van der Waals surface area (Å²) >= 11 is 0. The summed E-state index contributed by atoms with van der Waals surface area (Å²) < 4.78 is 43.6. The molecule has 4 nitrogen and oxygen atoms in total. The van der Waals surface area contributed by atoms with E-state index < -0.39 is 30.0 Å². The smallest absolute Gasteiger partial charge is 0.389 e. The van der Waals surface area contributed by atoms with Crippen LogP contribution in [0.25, 0.3) is 0 Å². The number of ether oxygens (including phenoxy) is 1. The van der Waals surface area contributed by atoms with Crippen LogP contribution in [0.3, 0.4) is 0 Å². The van der Waals surface area contributed by atoms with Gasteiger partial charge in [0.25, 0.3) is 0 Å². The Kier molecular flexibility index (Phi) is 6.26. The van der Waals surface area contributed by atoms with E-state index in [1.807, 2.05) is 0 Å². The van der Waals surface area contributed by atoms with E-state index >= 15 is 0 Å². The molecule has 1 amide bonds. The molecular formula is C13H22F3NO3. The minimum Gasteiger partial charge on any atom is -0.389 e. The summed E-state index contributed by atoms with van der Waals surface area (Å²) in [5.74, 6) is -3.13. The highest BCUT2D eigenvalue weighted by Crippen LogP contribution is 2.42. The molecule has 0 aliphatic heterocycles. The second-order valence-corrected chi connectivity index (χ2v) is 5.37. The van der Waals surface area contributed by atoms with Crippen molar-refractivity contribution in [2.24, 2.45) is 11.8 Å². The molecule has 0 aromatic heterocycles. The van der Waals surface area contributed by atoms with Gasteiger partial charge in [-0.2, -0.15) is 13.2 Å². The molecule has 7 heteroatoms. The Morgan fingerprint density at radius 1 is 1.40 bits per heavy atom. The molecule has 3 unspecified atom stereocenters. The van der Waals surface area contributed by atoms with Gasteiger partial charge in [0.15, 0.2) is 0 Å². The van der Waals surface area contributed by atoms with Crippen LogP contribution in [0.1, 0.15) is 25.7 Å². The minimum atomic E-state index is -4.34. The zero-order valence-corrected chi connectivity index (χ0v) is 11.8. The molecule has 1 fully saturated rings. The molecule has 118 valence electrons. The highest BCUT2D eigenvalue weighted by Gasteiger charge is 2.48. The van der Waals surface area contributed by atoms with E-state index in [2.05, 4.69) is 0 Å². The molecule has 0 radical (unpaired) electrons. The van der Waals surface area contributed by atoms with Crippen LogP contribution in [-0.2, 0) is 9.53 Å². The van der Waals surface area contributed by atoms with Crippen LogP contribution in [-0.4, -0.2) is 55.5 Å². The first-order valence-corrected chi connectivity index (χ1v) is 6.76. The molecular weight excluding hydrogens is 275 g/mol. The predicted molar refractivity (Wildman–Crippen MR) is 67.0 cm³/mol. The van der Waals surface area contributed by atoms with Crippen LogP contribution in [0.5, 0.6) is 0 Å². The van der Waals surface area contributed by atoms with Crippen molar-refractivity contribution in [3.8, 4) is 0 Å². The van der Waals surface area contributed by atoms with Crippen LogP contribution >= 0.6 is 0 Å². The SMILES string of the molecule is COCC(O)CN(C)C(=O)C1CCCCC1C(F)(F)F. The molecule has 0 aromatic carbocycles. The van der Waals surface area contributed by atoms with Crippen molar-refractivity contribution in [2.75, 3.05) is 27.3 Å². The van der Waals surface area contributed by atoms with Crippen LogP contribution in [0.2, 0.25) is 0 Å². The van der Waals surface area contributed by atoms with E-state index in [4.69, 9.17) is 4.74 Å². The average Bonchev–Trinajstić information content (AvgIpc) is 2.37. The first kappa shape index (κ1) is 17.2. The summed E-state index contributed by atoms with van der Waals surface area (Å²) in [6.45, 7) is 0.0265. The van der Waals surface area contributed by atoms with Crippen molar-refractivity contribution in [3.05, 3.63) is 0 Å². The number of nitrogens with zero attached hydrogens (tertiary/aromatic N) is 1. The second kappa shape index (κ2) is 7.26. The summed E-state index contributed by atoms with van der Waals surface area (Å²) in [7, 11) is 2.83. The number of alkyl halides is 3. The Hall–Kier alpha value is -0.820. The van der Waals surface area contributed by atoms with E-state index in [-0.39, 0.29) is 26.0 Å². The number of halogens is 3. The second-order valence-electron chi connectivity index (χ2n) is 5.37. The number of carbonyl (C=O) groups excluding carboxylic acids is 1. The fourth-order valence-corrected chi connectivity index (χ4v) is 2.75. The maximum Gasteiger partial charge on any atom is 0.392 e. The van der Waals surface area contributed by atoms with Crippen LogP contribution in [0, 0.1) is 11.8 Å². The van der Waals surface area contributed by atoms with Crippen molar-refractivity contribution in [3.63, 3.8) is 0 Å². The van der Waals surface area contributed by atoms with Crippen molar-refractivity contribution in [2.45, 2.75) is 38.0 Å². The van der Waals surface area contributed by atoms with E-state index in [9.17, 15) is 23.1 Å². The topological polar surface area (TPSA) is 49.8 Å². The standard InChI is InChI=1S/C13H22F3NO3/c1-17(7-9(18)8-20-2)12(19)10-5-3-4-6-11(10)13(14,15)16/h9-11,18H,3-8H2,1-2H3. The summed E-state index contributed by atoms with van der Waals surface area (Å²) in [5, 5.41) is 9.55. The Bertz CT molecular complexity index is 322. The van der Waals surface area contributed by atoms with E-state index in [0.29, 0.717) is 12.8 Å². The summed E-state index contributed by atoms with van der Waals surface area (Å²) in [6, 6.07) is 0. The first-order valence-electron chi connectivity index (χ1n) is 6.76. The van der Waals surface area contributed by atoms with Crippen LogP contribution < -0.4 is 0 Å². The zero-order valence-electron chi connectivity index (χ0n) is 11.8. The molecule has 0 spiro atoms. The third kappa shape index (κ3) is 4.63. The van der Waals surface area contributed by atoms with Crippen LogP contribution in [0.4, 0.5) is 13.2 Å². The maximum absolute atomic E-state index is 13.0. The number of methoxy groups -OCH3 is 1. The maximum atomic E-state index is 13.0. The number of likely N-dealkylation sites (N-methyl/N-ethyl adjacent to an activating group) is 1. The molecule has 1 aliphatic rings. The van der Waals surface area contributed by atoms with Gasteiger partial charge in [0.05, 0.1) is 18.6 Å².